The zero-order valence-corrected chi connectivity index (χ0v) is 50.2. The number of ether oxygens (including phenoxy) is 3. The zero-order chi connectivity index (χ0) is 59.6. The quantitative estimate of drug-likeness (QED) is 0.0624. The molecule has 0 spiro atoms. The van der Waals surface area contributed by atoms with Crippen molar-refractivity contribution in [2.45, 2.75) is 195 Å². The van der Waals surface area contributed by atoms with Gasteiger partial charge in [-0.15, -0.1) is 0 Å². The fourth-order valence-electron chi connectivity index (χ4n) is 10.7. The highest BCUT2D eigenvalue weighted by Gasteiger charge is 2.45. The first kappa shape index (κ1) is 68.0. The SMILES string of the molecule is CC[C@H](C)[C@@H]([C@@H](CC(=O)N1CCC[C@H]1[C@H](OC)[C@@H](C)C(=O)N[C@@H](CC(C)C)C(=O)CS(=O)(=O)C1CC1)OC)N(C)C(=O)[C@@H](CC(=O)[C@H](C(C)C)N(C)C(=O)OCc1ccc(NC(=O)[C@H](C)CC(=O)CCCC(=O)O)cc1)C(C)C. The summed E-state index contributed by atoms with van der Waals surface area (Å²) < 4.78 is 43.1. The van der Waals surface area contributed by atoms with E-state index >= 15 is 0 Å². The normalized spacial score (nSPS) is 18.1. The van der Waals surface area contributed by atoms with Gasteiger partial charge in [-0.2, -0.15) is 0 Å². The summed E-state index contributed by atoms with van der Waals surface area (Å²) in [6, 6.07) is 3.54. The third-order valence-electron chi connectivity index (χ3n) is 15.7. The van der Waals surface area contributed by atoms with Gasteiger partial charge < -0.3 is 44.7 Å². The molecule has 0 aromatic heterocycles. The Kier molecular flexibility index (Phi) is 27.2. The van der Waals surface area contributed by atoms with Crippen LogP contribution in [0.1, 0.15) is 152 Å². The van der Waals surface area contributed by atoms with Gasteiger partial charge in [-0.25, -0.2) is 13.2 Å². The Morgan fingerprint density at radius 2 is 1.42 bits per heavy atom. The fourth-order valence-corrected chi connectivity index (χ4v) is 12.4. The number of hydrogen-bond acceptors (Lipinski definition) is 14. The number of rotatable bonds is 35. The molecule has 2 aliphatic rings. The van der Waals surface area contributed by atoms with Crippen molar-refractivity contribution in [3.05, 3.63) is 29.8 Å². The summed E-state index contributed by atoms with van der Waals surface area (Å²) in [7, 11) is 2.51. The van der Waals surface area contributed by atoms with Crippen LogP contribution in [0.3, 0.4) is 0 Å². The Bertz CT molecular complexity index is 2360. The first-order chi connectivity index (χ1) is 37.0. The van der Waals surface area contributed by atoms with Crippen LogP contribution in [0.15, 0.2) is 24.3 Å². The Morgan fingerprint density at radius 3 is 1.95 bits per heavy atom. The molecule has 21 heteroatoms. The van der Waals surface area contributed by atoms with Crippen molar-refractivity contribution in [1.29, 1.82) is 0 Å². The van der Waals surface area contributed by atoms with E-state index in [2.05, 4.69) is 10.6 Å². The van der Waals surface area contributed by atoms with Crippen molar-refractivity contribution in [3.8, 4) is 0 Å². The number of anilines is 1. The van der Waals surface area contributed by atoms with Crippen LogP contribution in [-0.4, -0.2) is 164 Å². The van der Waals surface area contributed by atoms with Crippen LogP contribution in [0, 0.1) is 41.4 Å². The molecule has 1 heterocycles. The predicted octanol–water partition coefficient (Wildman–Crippen LogP) is 6.90. The van der Waals surface area contributed by atoms with Crippen LogP contribution in [-0.2, 0) is 69.0 Å². The van der Waals surface area contributed by atoms with E-state index in [4.69, 9.17) is 19.3 Å². The average Bonchev–Trinajstić information content (AvgIpc) is 4.18. The summed E-state index contributed by atoms with van der Waals surface area (Å²) in [6.07, 6.45) is 0.718. The third kappa shape index (κ3) is 20.3. The maximum Gasteiger partial charge on any atom is 0.410 e. The molecule has 1 aliphatic heterocycles. The Balaban J connectivity index is 1.70. The standard InChI is InChI=1S/C58H93N5O15S/c1-15-37(8)53(49(76-13)31-50(67)63-27-17-19-46(63)54(77-14)39(10)56(71)60-45(28-34(2)3)48(66)33-79(74,75)43-25-26-43)61(11)57(72)44(35(4)5)30-47(65)52(36(6)7)62(12)58(73)78-32-40-21-23-41(24-22-40)59-55(70)38(9)29-42(64)18-16-20-51(68)69/h21-24,34-39,43-46,49,52-54H,15-20,25-33H2,1-14H3,(H,59,70)(H,60,71)(H,68,69)/t37-,38+,39+,44-,45-,46-,49+,52-,53-,54+/m0/s1. The minimum atomic E-state index is -3.60. The van der Waals surface area contributed by atoms with Crippen LogP contribution in [0.25, 0.3) is 0 Å². The van der Waals surface area contributed by atoms with E-state index in [9.17, 15) is 51.6 Å². The number of carbonyl (C=O) groups is 9. The molecular formula is C58H93N5O15S. The smallest absolute Gasteiger partial charge is 0.410 e. The molecule has 446 valence electrons. The number of likely N-dealkylation sites (tertiary alicyclic amines) is 1. The van der Waals surface area contributed by atoms with Crippen LogP contribution in [0.2, 0.25) is 0 Å². The highest BCUT2D eigenvalue weighted by molar-refractivity contribution is 7.93. The van der Waals surface area contributed by atoms with Gasteiger partial charge in [0.25, 0.3) is 0 Å². The number of methoxy groups -OCH3 is 2. The molecule has 0 bridgehead atoms. The van der Waals surface area contributed by atoms with E-state index in [0.717, 1.165) is 0 Å². The largest absolute Gasteiger partial charge is 0.481 e. The third-order valence-corrected chi connectivity index (χ3v) is 17.8. The van der Waals surface area contributed by atoms with Crippen molar-refractivity contribution >= 4 is 68.6 Å². The maximum absolute atomic E-state index is 14.8. The molecule has 3 rings (SSSR count). The van der Waals surface area contributed by atoms with Crippen LogP contribution in [0.5, 0.6) is 0 Å². The number of carboxylic acids is 1. The van der Waals surface area contributed by atoms with E-state index in [1.807, 2.05) is 55.4 Å². The fraction of sp³-hybridized carbons (Fsp3) is 0.741. The molecule has 2 fully saturated rings. The van der Waals surface area contributed by atoms with Crippen LogP contribution in [0.4, 0.5) is 10.5 Å². The van der Waals surface area contributed by atoms with Crippen LogP contribution >= 0.6 is 0 Å². The van der Waals surface area contributed by atoms with E-state index in [1.165, 1.54) is 26.2 Å². The molecule has 1 saturated heterocycles. The topological polar surface area (TPSA) is 269 Å². The summed E-state index contributed by atoms with van der Waals surface area (Å²) in [5.74, 6) is -7.20. The Hall–Kier alpha value is -5.28. The lowest BCUT2D eigenvalue weighted by Gasteiger charge is -2.41. The van der Waals surface area contributed by atoms with Gasteiger partial charge in [0.05, 0.1) is 54.0 Å². The second kappa shape index (κ2) is 31.6. The lowest BCUT2D eigenvalue weighted by atomic mass is 9.83. The molecular weight excluding hydrogens is 1040 g/mol. The van der Waals surface area contributed by atoms with Gasteiger partial charge in [-0.3, -0.25) is 38.4 Å². The highest BCUT2D eigenvalue weighted by Crippen LogP contribution is 2.33. The lowest BCUT2D eigenvalue weighted by molar-refractivity contribution is -0.149. The number of Topliss-reactive ketones (excluding diaryl/α,β-unsaturated/α-hetero) is 3. The monoisotopic (exact) mass is 1130 g/mol. The number of sulfone groups is 1. The first-order valence-corrected chi connectivity index (χ1v) is 29.9. The number of likely N-dealkylation sites (N-methyl/N-ethyl adjacent to an activating group) is 2. The number of carbonyl (C=O) groups excluding carboxylic acids is 8. The maximum atomic E-state index is 14.8. The minimum absolute atomic E-state index is 0.0106. The van der Waals surface area contributed by atoms with Gasteiger partial charge in [0, 0.05) is 78.1 Å². The second-order valence-corrected chi connectivity index (χ2v) is 25.5. The van der Waals surface area contributed by atoms with Crippen molar-refractivity contribution in [2.24, 2.45) is 41.4 Å². The van der Waals surface area contributed by atoms with E-state index in [-0.39, 0.29) is 105 Å². The molecule has 0 unspecified atom stereocenters. The summed E-state index contributed by atoms with van der Waals surface area (Å²) in [6.45, 7) is 18.6. The number of amides is 5. The van der Waals surface area contributed by atoms with Gasteiger partial charge in [-0.1, -0.05) is 87.8 Å². The predicted molar refractivity (Wildman–Crippen MR) is 299 cm³/mol. The highest BCUT2D eigenvalue weighted by atomic mass is 32.2. The number of hydrogen-bond donors (Lipinski definition) is 3. The van der Waals surface area contributed by atoms with Crippen molar-refractivity contribution in [2.75, 3.05) is 45.9 Å². The molecule has 5 amide bonds. The summed E-state index contributed by atoms with van der Waals surface area (Å²) in [5, 5.41) is 13.9. The van der Waals surface area contributed by atoms with Gasteiger partial charge in [0.1, 0.15) is 18.1 Å². The summed E-state index contributed by atoms with van der Waals surface area (Å²) in [4.78, 5) is 125. The number of aliphatic carboxylic acids is 1. The summed E-state index contributed by atoms with van der Waals surface area (Å²) in [5.41, 5.74) is 1.06. The molecule has 1 aromatic carbocycles. The van der Waals surface area contributed by atoms with Gasteiger partial charge >= 0.3 is 12.1 Å². The van der Waals surface area contributed by atoms with E-state index in [1.54, 1.807) is 55.0 Å². The van der Waals surface area contributed by atoms with Gasteiger partial charge in [-0.05, 0) is 79.9 Å². The van der Waals surface area contributed by atoms with Crippen molar-refractivity contribution in [3.63, 3.8) is 0 Å². The lowest BCUT2D eigenvalue weighted by Crippen LogP contribution is -2.55. The second-order valence-electron chi connectivity index (χ2n) is 23.2. The zero-order valence-electron chi connectivity index (χ0n) is 49.4. The Morgan fingerprint density at radius 1 is 0.785 bits per heavy atom. The molecule has 3 N–H and O–H groups in total. The van der Waals surface area contributed by atoms with Gasteiger partial charge in [0.15, 0.2) is 21.4 Å². The molecule has 20 nitrogen and oxygen atoms in total. The van der Waals surface area contributed by atoms with Gasteiger partial charge in [0.2, 0.25) is 23.6 Å². The molecule has 0 radical (unpaired) electrons. The van der Waals surface area contributed by atoms with Crippen molar-refractivity contribution < 1.29 is 70.9 Å². The molecule has 1 aliphatic carbocycles. The number of ketones is 3. The molecule has 79 heavy (non-hydrogen) atoms. The van der Waals surface area contributed by atoms with E-state index in [0.29, 0.717) is 49.9 Å². The average molecular weight is 1130 g/mol. The minimum Gasteiger partial charge on any atom is -0.481 e. The number of carboxylic acid groups (broad SMARTS) is 1. The first-order valence-electron chi connectivity index (χ1n) is 28.2. The van der Waals surface area contributed by atoms with Crippen LogP contribution < -0.4 is 10.6 Å². The molecule has 1 aromatic rings. The number of benzene rings is 1. The summed E-state index contributed by atoms with van der Waals surface area (Å²) >= 11 is 0. The van der Waals surface area contributed by atoms with E-state index < -0.39 is 98.7 Å². The van der Waals surface area contributed by atoms with Crippen molar-refractivity contribution in [1.82, 2.24) is 20.0 Å². The Labute approximate surface area is 469 Å². The number of nitrogens with one attached hydrogen (secondary N) is 2. The molecule has 10 atom stereocenters. The molecule has 1 saturated carbocycles. The number of nitrogens with zero attached hydrogens (tertiary/aromatic N) is 3.